The van der Waals surface area contributed by atoms with Gasteiger partial charge in [0, 0.05) is 16.5 Å². The Morgan fingerprint density at radius 2 is 1.56 bits per heavy atom. The Kier molecular flexibility index (Phi) is 3.86. The zero-order chi connectivity index (χ0) is 18.6. The number of rotatable bonds is 1. The topological polar surface area (TPSA) is 59.4 Å². The van der Waals surface area contributed by atoms with E-state index in [1.54, 1.807) is 12.1 Å². The van der Waals surface area contributed by atoms with Gasteiger partial charge in [0.1, 0.15) is 11.3 Å². The fourth-order valence-corrected chi connectivity index (χ4v) is 3.17. The highest BCUT2D eigenvalue weighted by atomic mass is 16.3. The molecule has 0 aliphatic carbocycles. The maximum Gasteiger partial charge on any atom is 0.199 e. The molecule has 1 heterocycles. The number of hydrogen-bond acceptors (Lipinski definition) is 3. The second kappa shape index (κ2) is 5.55. The van der Waals surface area contributed by atoms with Crippen molar-refractivity contribution in [2.75, 3.05) is 5.73 Å². The number of anilines is 1. The normalized spacial score (nSPS) is 12.7. The summed E-state index contributed by atoms with van der Waals surface area (Å²) in [7, 11) is 0. The quantitative estimate of drug-likeness (QED) is 0.574. The lowest BCUT2D eigenvalue weighted by Crippen LogP contribution is -2.16. The number of nitrogen functional groups attached to an aromatic ring is 1. The van der Waals surface area contributed by atoms with Crippen LogP contribution in [0, 0.1) is 0 Å². The van der Waals surface area contributed by atoms with Gasteiger partial charge in [0.2, 0.25) is 0 Å². The van der Waals surface area contributed by atoms with Gasteiger partial charge in [-0.05, 0) is 28.5 Å². The number of hydrogen-bond donors (Lipinski definition) is 2. The van der Waals surface area contributed by atoms with E-state index < -0.39 is 0 Å². The lowest BCUT2D eigenvalue weighted by Gasteiger charge is -2.25. The van der Waals surface area contributed by atoms with E-state index in [1.165, 1.54) is 5.56 Å². The second-order valence-electron chi connectivity index (χ2n) is 8.76. The number of phenols is 1. The van der Waals surface area contributed by atoms with E-state index in [9.17, 15) is 5.11 Å². The van der Waals surface area contributed by atoms with Crippen LogP contribution in [0.3, 0.4) is 0 Å². The summed E-state index contributed by atoms with van der Waals surface area (Å²) in [5.74, 6) is 0.545. The molecule has 0 aliphatic heterocycles. The summed E-state index contributed by atoms with van der Waals surface area (Å²) in [5.41, 5.74) is 10.8. The minimum Gasteiger partial charge on any atom is -0.507 e. The monoisotopic (exact) mass is 337 g/mol. The van der Waals surface area contributed by atoms with Gasteiger partial charge in [-0.3, -0.25) is 0 Å². The van der Waals surface area contributed by atoms with E-state index in [1.807, 2.05) is 12.1 Å². The van der Waals surface area contributed by atoms with Gasteiger partial charge < -0.3 is 15.3 Å². The number of fused-ring (bicyclic) bond motifs is 1. The summed E-state index contributed by atoms with van der Waals surface area (Å²) < 4.78 is 6.00. The number of furan rings is 1. The number of phenolic OH excluding ortho intramolecular Hbond substituents is 1. The first-order valence-electron chi connectivity index (χ1n) is 8.65. The molecule has 2 aromatic carbocycles. The van der Waals surface area contributed by atoms with Gasteiger partial charge in [0.05, 0.1) is 5.56 Å². The minimum absolute atomic E-state index is 0.00375. The van der Waals surface area contributed by atoms with Gasteiger partial charge in [-0.15, -0.1) is 0 Å². The molecule has 0 unspecified atom stereocenters. The van der Waals surface area contributed by atoms with Crippen LogP contribution in [0.4, 0.5) is 5.88 Å². The van der Waals surface area contributed by atoms with E-state index >= 15 is 0 Å². The Bertz CT molecular complexity index is 937. The van der Waals surface area contributed by atoms with Crippen LogP contribution in [0.2, 0.25) is 0 Å². The zero-order valence-electron chi connectivity index (χ0n) is 15.9. The van der Waals surface area contributed by atoms with Crippen LogP contribution in [-0.4, -0.2) is 5.11 Å². The number of nitrogens with two attached hydrogens (primary N) is 1. The van der Waals surface area contributed by atoms with Crippen molar-refractivity contribution in [3.8, 4) is 16.9 Å². The van der Waals surface area contributed by atoms with Gasteiger partial charge in [0.15, 0.2) is 5.88 Å². The lowest BCUT2D eigenvalue weighted by atomic mass is 9.79. The Morgan fingerprint density at radius 1 is 0.920 bits per heavy atom. The first-order chi connectivity index (χ1) is 11.5. The number of aromatic hydroxyl groups is 1. The highest BCUT2D eigenvalue weighted by molar-refractivity contribution is 6.03. The molecule has 3 N–H and O–H groups in total. The molecule has 0 bridgehead atoms. The lowest BCUT2D eigenvalue weighted by molar-refractivity contribution is 0.477. The molecule has 1 aromatic heterocycles. The Balaban J connectivity index is 2.45. The van der Waals surface area contributed by atoms with E-state index in [4.69, 9.17) is 10.2 Å². The van der Waals surface area contributed by atoms with Crippen molar-refractivity contribution < 1.29 is 9.52 Å². The van der Waals surface area contributed by atoms with Crippen LogP contribution in [-0.2, 0) is 10.8 Å². The Morgan fingerprint density at radius 3 is 2.12 bits per heavy atom. The minimum atomic E-state index is -0.0835. The molecule has 0 radical (unpaired) electrons. The molecule has 132 valence electrons. The van der Waals surface area contributed by atoms with E-state index in [-0.39, 0.29) is 16.6 Å². The van der Waals surface area contributed by atoms with Crippen LogP contribution in [0.1, 0.15) is 52.7 Å². The van der Waals surface area contributed by atoms with E-state index in [2.05, 4.69) is 53.7 Å². The highest BCUT2D eigenvalue weighted by Gasteiger charge is 2.27. The SMILES string of the molecule is CC(C)(C)c1cc(C(C)(C)C)c2oc(N)c(-c3ccccc3O)c2c1. The summed E-state index contributed by atoms with van der Waals surface area (Å²) in [6.07, 6.45) is 0. The largest absolute Gasteiger partial charge is 0.507 e. The first kappa shape index (κ1) is 17.4. The molecule has 0 saturated heterocycles. The first-order valence-corrected chi connectivity index (χ1v) is 8.65. The van der Waals surface area contributed by atoms with Crippen molar-refractivity contribution in [3.05, 3.63) is 47.5 Å². The molecule has 0 amide bonds. The molecule has 0 atom stereocenters. The summed E-state index contributed by atoms with van der Waals surface area (Å²) in [6.45, 7) is 13.1. The smallest absolute Gasteiger partial charge is 0.199 e. The number of para-hydroxylation sites is 1. The Hall–Kier alpha value is -2.42. The molecular weight excluding hydrogens is 310 g/mol. The fraction of sp³-hybridized carbons (Fsp3) is 0.364. The predicted molar refractivity (Wildman–Crippen MR) is 105 cm³/mol. The average Bonchev–Trinajstić information content (AvgIpc) is 2.80. The van der Waals surface area contributed by atoms with Crippen LogP contribution in [0.15, 0.2) is 40.8 Å². The molecule has 0 spiro atoms. The molecule has 3 aromatic rings. The van der Waals surface area contributed by atoms with Crippen molar-refractivity contribution in [2.45, 2.75) is 52.4 Å². The van der Waals surface area contributed by atoms with Gasteiger partial charge in [-0.1, -0.05) is 65.8 Å². The molecule has 3 nitrogen and oxygen atoms in total. The van der Waals surface area contributed by atoms with Gasteiger partial charge in [-0.2, -0.15) is 0 Å². The summed E-state index contributed by atoms with van der Waals surface area (Å²) in [4.78, 5) is 0. The van der Waals surface area contributed by atoms with Crippen LogP contribution in [0.5, 0.6) is 5.75 Å². The molecular formula is C22H27NO2. The van der Waals surface area contributed by atoms with Crippen molar-refractivity contribution in [2.24, 2.45) is 0 Å². The zero-order valence-corrected chi connectivity index (χ0v) is 15.9. The summed E-state index contributed by atoms with van der Waals surface area (Å²) >= 11 is 0. The molecule has 25 heavy (non-hydrogen) atoms. The third kappa shape index (κ3) is 2.99. The Labute approximate surface area is 149 Å². The summed E-state index contributed by atoms with van der Waals surface area (Å²) in [6, 6.07) is 11.6. The number of benzene rings is 2. The fourth-order valence-electron chi connectivity index (χ4n) is 3.17. The molecule has 0 aliphatic rings. The van der Waals surface area contributed by atoms with Gasteiger partial charge >= 0.3 is 0 Å². The van der Waals surface area contributed by atoms with Crippen LogP contribution >= 0.6 is 0 Å². The highest BCUT2D eigenvalue weighted by Crippen LogP contribution is 2.45. The van der Waals surface area contributed by atoms with Crippen molar-refractivity contribution in [3.63, 3.8) is 0 Å². The third-order valence-corrected chi connectivity index (χ3v) is 4.66. The van der Waals surface area contributed by atoms with Crippen molar-refractivity contribution in [1.29, 1.82) is 0 Å². The van der Waals surface area contributed by atoms with Gasteiger partial charge in [0.25, 0.3) is 0 Å². The third-order valence-electron chi connectivity index (χ3n) is 4.66. The predicted octanol–water partition coefficient (Wildman–Crippen LogP) is 5.98. The molecule has 0 fully saturated rings. The van der Waals surface area contributed by atoms with Crippen LogP contribution in [0.25, 0.3) is 22.1 Å². The van der Waals surface area contributed by atoms with Crippen molar-refractivity contribution in [1.82, 2.24) is 0 Å². The molecule has 3 rings (SSSR count). The van der Waals surface area contributed by atoms with E-state index in [0.717, 1.165) is 22.1 Å². The van der Waals surface area contributed by atoms with Crippen molar-refractivity contribution >= 4 is 16.9 Å². The average molecular weight is 337 g/mol. The second-order valence-corrected chi connectivity index (χ2v) is 8.76. The van der Waals surface area contributed by atoms with Gasteiger partial charge in [-0.25, -0.2) is 0 Å². The summed E-state index contributed by atoms with van der Waals surface area (Å²) in [5, 5.41) is 11.3. The standard InChI is InChI=1S/C22H27NO2/c1-21(2,3)13-11-15-18(14-9-7-8-10-17(14)24)20(23)25-19(15)16(12-13)22(4,5)6/h7-12,24H,23H2,1-6H3. The maximum absolute atomic E-state index is 10.3. The van der Waals surface area contributed by atoms with E-state index in [0.29, 0.717) is 11.4 Å². The molecule has 3 heteroatoms. The van der Waals surface area contributed by atoms with Crippen LogP contribution < -0.4 is 5.73 Å². The molecule has 0 saturated carbocycles. The maximum atomic E-state index is 10.3.